The Bertz CT molecular complexity index is 666. The number of nitrogens with one attached hydrogen (secondary N) is 1. The van der Waals surface area contributed by atoms with Crippen molar-refractivity contribution in [3.63, 3.8) is 0 Å². The lowest BCUT2D eigenvalue weighted by molar-refractivity contribution is 0.0696. The topological polar surface area (TPSA) is 88.5 Å². The van der Waals surface area contributed by atoms with Crippen LogP contribution < -0.4 is 10.1 Å². The number of rotatable bonds is 4. The Morgan fingerprint density at radius 1 is 1.40 bits per heavy atom. The third kappa shape index (κ3) is 2.94. The van der Waals surface area contributed by atoms with E-state index in [0.29, 0.717) is 11.4 Å². The lowest BCUT2D eigenvalue weighted by atomic mass is 10.2. The van der Waals surface area contributed by atoms with Crippen LogP contribution in [0.15, 0.2) is 23.6 Å². The average Bonchev–Trinajstić information content (AvgIpc) is 2.85. The Kier molecular flexibility index (Phi) is 3.99. The van der Waals surface area contributed by atoms with Crippen LogP contribution >= 0.6 is 11.3 Å². The number of aromatic carboxylic acids is 1. The van der Waals surface area contributed by atoms with Gasteiger partial charge in [-0.15, -0.1) is 11.3 Å². The van der Waals surface area contributed by atoms with Gasteiger partial charge in [-0.3, -0.25) is 4.79 Å². The van der Waals surface area contributed by atoms with Crippen LogP contribution in [-0.2, 0) is 0 Å². The first-order chi connectivity index (χ1) is 9.51. The second kappa shape index (κ2) is 5.70. The van der Waals surface area contributed by atoms with Crippen molar-refractivity contribution >= 4 is 28.9 Å². The number of benzene rings is 1. The van der Waals surface area contributed by atoms with Gasteiger partial charge in [-0.05, 0) is 25.1 Å². The maximum Gasteiger partial charge on any atom is 0.335 e. The van der Waals surface area contributed by atoms with Crippen molar-refractivity contribution in [3.8, 4) is 5.75 Å². The summed E-state index contributed by atoms with van der Waals surface area (Å²) < 4.78 is 5.10. The van der Waals surface area contributed by atoms with Gasteiger partial charge >= 0.3 is 5.97 Å². The second-order valence-corrected chi connectivity index (χ2v) is 4.99. The number of hydrogen-bond acceptors (Lipinski definition) is 5. The van der Waals surface area contributed by atoms with E-state index < -0.39 is 11.9 Å². The average molecular weight is 292 g/mol. The molecule has 1 aromatic carbocycles. The highest BCUT2D eigenvalue weighted by molar-refractivity contribution is 7.09. The van der Waals surface area contributed by atoms with E-state index in [-0.39, 0.29) is 11.3 Å². The molecule has 20 heavy (non-hydrogen) atoms. The Morgan fingerprint density at radius 2 is 2.15 bits per heavy atom. The SMILES string of the molecule is COc1ccc(C(=O)O)cc1NC(=O)c1csc(C)n1. The number of nitrogens with zero attached hydrogens (tertiary/aromatic N) is 1. The quantitative estimate of drug-likeness (QED) is 0.903. The molecule has 2 rings (SSSR count). The standard InChI is InChI=1S/C13H12N2O4S/c1-7-14-10(6-20-7)12(16)15-9-5-8(13(17)18)3-4-11(9)19-2/h3-6H,1-2H3,(H,15,16)(H,17,18). The number of amides is 1. The summed E-state index contributed by atoms with van der Waals surface area (Å²) in [6.45, 7) is 1.80. The number of hydrogen-bond donors (Lipinski definition) is 2. The fourth-order valence-corrected chi connectivity index (χ4v) is 2.19. The van der Waals surface area contributed by atoms with E-state index in [2.05, 4.69) is 10.3 Å². The third-order valence-electron chi connectivity index (χ3n) is 2.55. The van der Waals surface area contributed by atoms with Crippen molar-refractivity contribution in [2.45, 2.75) is 6.92 Å². The number of carbonyl (C=O) groups excluding carboxylic acids is 1. The van der Waals surface area contributed by atoms with E-state index in [1.807, 2.05) is 0 Å². The van der Waals surface area contributed by atoms with Gasteiger partial charge in [0.25, 0.3) is 5.91 Å². The summed E-state index contributed by atoms with van der Waals surface area (Å²) in [5.41, 5.74) is 0.647. The van der Waals surface area contributed by atoms with Crippen LogP contribution in [0.5, 0.6) is 5.75 Å². The van der Waals surface area contributed by atoms with Crippen molar-refractivity contribution in [2.24, 2.45) is 0 Å². The van der Waals surface area contributed by atoms with Gasteiger partial charge in [-0.25, -0.2) is 9.78 Å². The normalized spacial score (nSPS) is 10.1. The second-order valence-electron chi connectivity index (χ2n) is 3.93. The molecule has 2 N–H and O–H groups in total. The van der Waals surface area contributed by atoms with Gasteiger partial charge in [0.1, 0.15) is 11.4 Å². The van der Waals surface area contributed by atoms with Gasteiger partial charge in [-0.1, -0.05) is 0 Å². The van der Waals surface area contributed by atoms with Gasteiger partial charge in [0.15, 0.2) is 0 Å². The molecule has 0 fully saturated rings. The van der Waals surface area contributed by atoms with Crippen LogP contribution in [0.1, 0.15) is 25.9 Å². The number of thiazole rings is 1. The minimum Gasteiger partial charge on any atom is -0.495 e. The summed E-state index contributed by atoms with van der Waals surface area (Å²) in [5.74, 6) is -1.10. The Hall–Kier alpha value is -2.41. The first-order valence-electron chi connectivity index (χ1n) is 5.66. The summed E-state index contributed by atoms with van der Waals surface area (Å²) in [4.78, 5) is 27.0. The molecule has 7 heteroatoms. The lowest BCUT2D eigenvalue weighted by Gasteiger charge is -2.10. The molecule has 104 valence electrons. The Labute approximate surface area is 119 Å². The van der Waals surface area contributed by atoms with E-state index in [9.17, 15) is 9.59 Å². The summed E-state index contributed by atoms with van der Waals surface area (Å²) in [5, 5.41) is 14.0. The molecule has 0 saturated carbocycles. The number of carboxylic acids is 1. The van der Waals surface area contributed by atoms with Crippen molar-refractivity contribution in [2.75, 3.05) is 12.4 Å². The maximum atomic E-state index is 12.0. The number of aryl methyl sites for hydroxylation is 1. The molecule has 0 spiro atoms. The van der Waals surface area contributed by atoms with E-state index in [1.165, 1.54) is 36.6 Å². The van der Waals surface area contributed by atoms with E-state index in [1.54, 1.807) is 12.3 Å². The minimum atomic E-state index is -1.08. The molecule has 1 aromatic heterocycles. The molecule has 0 saturated heterocycles. The van der Waals surface area contributed by atoms with Crippen LogP contribution in [0.3, 0.4) is 0 Å². The van der Waals surface area contributed by atoms with Crippen LogP contribution in [0.4, 0.5) is 5.69 Å². The molecular weight excluding hydrogens is 280 g/mol. The van der Waals surface area contributed by atoms with Crippen molar-refractivity contribution in [1.29, 1.82) is 0 Å². The monoisotopic (exact) mass is 292 g/mol. The van der Waals surface area contributed by atoms with Crippen LogP contribution in [0, 0.1) is 6.92 Å². The van der Waals surface area contributed by atoms with Crippen LogP contribution in [0.25, 0.3) is 0 Å². The highest BCUT2D eigenvalue weighted by Crippen LogP contribution is 2.26. The van der Waals surface area contributed by atoms with Crippen LogP contribution in [-0.4, -0.2) is 29.1 Å². The summed E-state index contributed by atoms with van der Waals surface area (Å²) in [7, 11) is 1.44. The smallest absolute Gasteiger partial charge is 0.335 e. The lowest BCUT2D eigenvalue weighted by Crippen LogP contribution is -2.13. The molecule has 0 unspecified atom stereocenters. The van der Waals surface area contributed by atoms with Gasteiger partial charge in [0, 0.05) is 5.38 Å². The van der Waals surface area contributed by atoms with Crippen LogP contribution in [0.2, 0.25) is 0 Å². The third-order valence-corrected chi connectivity index (χ3v) is 3.32. The Balaban J connectivity index is 2.29. The molecule has 6 nitrogen and oxygen atoms in total. The minimum absolute atomic E-state index is 0.0653. The molecule has 1 amide bonds. The molecule has 0 aliphatic heterocycles. The molecular formula is C13H12N2O4S. The summed E-state index contributed by atoms with van der Waals surface area (Å²) >= 11 is 1.36. The molecule has 2 aromatic rings. The number of ether oxygens (including phenoxy) is 1. The Morgan fingerprint density at radius 3 is 2.70 bits per heavy atom. The zero-order chi connectivity index (χ0) is 14.7. The highest BCUT2D eigenvalue weighted by atomic mass is 32.1. The van der Waals surface area contributed by atoms with Gasteiger partial charge in [-0.2, -0.15) is 0 Å². The fraction of sp³-hybridized carbons (Fsp3) is 0.154. The predicted octanol–water partition coefficient (Wildman–Crippen LogP) is 2.41. The maximum absolute atomic E-state index is 12.0. The largest absolute Gasteiger partial charge is 0.495 e. The molecule has 0 radical (unpaired) electrons. The summed E-state index contributed by atoms with van der Waals surface area (Å²) in [6, 6.07) is 4.24. The van der Waals surface area contributed by atoms with Gasteiger partial charge in [0.05, 0.1) is 23.4 Å². The fourth-order valence-electron chi connectivity index (χ4n) is 1.59. The number of aromatic nitrogens is 1. The number of methoxy groups -OCH3 is 1. The van der Waals surface area contributed by atoms with E-state index in [4.69, 9.17) is 9.84 Å². The zero-order valence-corrected chi connectivity index (χ0v) is 11.7. The van der Waals surface area contributed by atoms with Crippen molar-refractivity contribution < 1.29 is 19.4 Å². The van der Waals surface area contributed by atoms with Crippen molar-refractivity contribution in [1.82, 2.24) is 4.98 Å². The molecule has 0 aliphatic rings. The first kappa shape index (κ1) is 14.0. The molecule has 0 aliphatic carbocycles. The van der Waals surface area contributed by atoms with E-state index >= 15 is 0 Å². The van der Waals surface area contributed by atoms with Crippen molar-refractivity contribution in [3.05, 3.63) is 39.8 Å². The summed E-state index contributed by atoms with van der Waals surface area (Å²) in [6.07, 6.45) is 0. The predicted molar refractivity (Wildman–Crippen MR) is 74.8 cm³/mol. The number of carbonyl (C=O) groups is 2. The molecule has 1 heterocycles. The van der Waals surface area contributed by atoms with Gasteiger partial charge < -0.3 is 15.2 Å². The molecule has 0 atom stereocenters. The number of carboxylic acid groups (broad SMARTS) is 1. The number of anilines is 1. The highest BCUT2D eigenvalue weighted by Gasteiger charge is 2.14. The molecule has 0 bridgehead atoms. The zero-order valence-electron chi connectivity index (χ0n) is 10.8. The van der Waals surface area contributed by atoms with E-state index in [0.717, 1.165) is 5.01 Å². The van der Waals surface area contributed by atoms with Gasteiger partial charge in [0.2, 0.25) is 0 Å². The first-order valence-corrected chi connectivity index (χ1v) is 6.54.